The fourth-order valence-electron chi connectivity index (χ4n) is 2.69. The molecule has 4 atom stereocenters. The lowest BCUT2D eigenvalue weighted by atomic mass is 9.86. The summed E-state index contributed by atoms with van der Waals surface area (Å²) in [4.78, 5) is 11.4. The van der Waals surface area contributed by atoms with Crippen LogP contribution in [0.3, 0.4) is 0 Å². The second kappa shape index (κ2) is 2.83. The number of ether oxygens (including phenoxy) is 2. The first-order valence-electron chi connectivity index (χ1n) is 5.32. The van der Waals surface area contributed by atoms with Gasteiger partial charge in [0, 0.05) is 5.57 Å². The summed E-state index contributed by atoms with van der Waals surface area (Å²) in [6, 6.07) is 0. The van der Waals surface area contributed by atoms with Crippen molar-refractivity contribution in [2.24, 2.45) is 5.92 Å². The molecule has 76 valence electrons. The second-order valence-corrected chi connectivity index (χ2v) is 4.42. The molecule has 2 saturated heterocycles. The molecule has 0 spiro atoms. The third kappa shape index (κ3) is 1.12. The zero-order chi connectivity index (χ0) is 9.71. The molecule has 0 aromatic rings. The van der Waals surface area contributed by atoms with Gasteiger partial charge in [-0.05, 0) is 19.3 Å². The molecule has 1 aliphatic carbocycles. The molecule has 0 aromatic carbocycles. The number of epoxide rings is 1. The Hall–Kier alpha value is -0.830. The van der Waals surface area contributed by atoms with Crippen molar-refractivity contribution in [1.29, 1.82) is 0 Å². The maximum atomic E-state index is 11.4. The van der Waals surface area contributed by atoms with E-state index in [0.717, 1.165) is 19.3 Å². The second-order valence-electron chi connectivity index (χ2n) is 4.42. The van der Waals surface area contributed by atoms with Crippen LogP contribution in [0.15, 0.2) is 12.2 Å². The molecule has 0 bridgehead atoms. The van der Waals surface area contributed by atoms with Crippen molar-refractivity contribution in [1.82, 2.24) is 0 Å². The molecular weight excluding hydrogens is 180 g/mol. The largest absolute Gasteiger partial charge is 0.458 e. The van der Waals surface area contributed by atoms with E-state index in [0.29, 0.717) is 11.7 Å². The van der Waals surface area contributed by atoms with Gasteiger partial charge in [0.25, 0.3) is 0 Å². The molecule has 3 heteroatoms. The molecule has 2 aliphatic heterocycles. The summed E-state index contributed by atoms with van der Waals surface area (Å²) in [6.45, 7) is 3.81. The first-order chi connectivity index (χ1) is 6.77. The molecule has 0 radical (unpaired) electrons. The first-order valence-corrected chi connectivity index (χ1v) is 5.32. The van der Waals surface area contributed by atoms with Gasteiger partial charge in [-0.15, -0.1) is 0 Å². The number of esters is 1. The number of hydrogen-bond acceptors (Lipinski definition) is 3. The van der Waals surface area contributed by atoms with E-state index in [2.05, 4.69) is 6.58 Å². The maximum absolute atomic E-state index is 11.4. The Morgan fingerprint density at radius 1 is 1.21 bits per heavy atom. The number of fused-ring (bicyclic) bond motifs is 3. The van der Waals surface area contributed by atoms with Gasteiger partial charge in [0.1, 0.15) is 6.10 Å². The lowest BCUT2D eigenvalue weighted by Crippen LogP contribution is -2.24. The fourth-order valence-corrected chi connectivity index (χ4v) is 2.69. The number of rotatable bonds is 0. The normalized spacial score (nSPS) is 46.0. The summed E-state index contributed by atoms with van der Waals surface area (Å²) in [6.07, 6.45) is 5.07. The van der Waals surface area contributed by atoms with Crippen molar-refractivity contribution in [2.45, 2.75) is 44.0 Å². The average molecular weight is 194 g/mol. The highest BCUT2D eigenvalue weighted by molar-refractivity contribution is 5.91. The molecule has 3 fully saturated rings. The van der Waals surface area contributed by atoms with Crippen LogP contribution in [0.5, 0.6) is 0 Å². The Labute approximate surface area is 83.1 Å². The molecule has 0 aromatic heterocycles. The van der Waals surface area contributed by atoms with Gasteiger partial charge in [-0.3, -0.25) is 0 Å². The molecular formula is C11H14O3. The van der Waals surface area contributed by atoms with Crippen molar-refractivity contribution in [3.63, 3.8) is 0 Å². The summed E-state index contributed by atoms with van der Waals surface area (Å²) in [5.74, 6) is -0.0658. The van der Waals surface area contributed by atoms with E-state index in [-0.39, 0.29) is 24.1 Å². The summed E-state index contributed by atoms with van der Waals surface area (Å²) < 4.78 is 10.9. The van der Waals surface area contributed by atoms with E-state index in [1.807, 2.05) is 0 Å². The number of carbonyl (C=O) groups is 1. The average Bonchev–Trinajstić information content (AvgIpc) is 2.81. The molecule has 3 nitrogen and oxygen atoms in total. The smallest absolute Gasteiger partial charge is 0.334 e. The van der Waals surface area contributed by atoms with Crippen LogP contribution >= 0.6 is 0 Å². The number of hydrogen-bond donors (Lipinski definition) is 0. The van der Waals surface area contributed by atoms with Crippen molar-refractivity contribution >= 4 is 5.97 Å². The van der Waals surface area contributed by atoms with Crippen LogP contribution in [0.25, 0.3) is 0 Å². The first kappa shape index (κ1) is 8.48. The summed E-state index contributed by atoms with van der Waals surface area (Å²) in [5.41, 5.74) is 0.629. The predicted octanol–water partition coefficient (Wildman–Crippen LogP) is 1.43. The zero-order valence-corrected chi connectivity index (χ0v) is 8.07. The minimum atomic E-state index is -0.212. The molecule has 2 heterocycles. The van der Waals surface area contributed by atoms with Crippen molar-refractivity contribution < 1.29 is 14.3 Å². The van der Waals surface area contributed by atoms with Crippen LogP contribution in [-0.4, -0.2) is 24.3 Å². The van der Waals surface area contributed by atoms with Gasteiger partial charge in [0.15, 0.2) is 0 Å². The lowest BCUT2D eigenvalue weighted by molar-refractivity contribution is -0.139. The molecule has 0 amide bonds. The highest BCUT2D eigenvalue weighted by Crippen LogP contribution is 2.45. The van der Waals surface area contributed by atoms with Crippen molar-refractivity contribution in [3.8, 4) is 0 Å². The SMILES string of the molecule is C=C1C(=O)O[C@@H]2CCCC[C@H]3O[C@@H]3[C@H]12. The van der Waals surface area contributed by atoms with E-state index in [1.165, 1.54) is 6.42 Å². The van der Waals surface area contributed by atoms with Gasteiger partial charge in [-0.2, -0.15) is 0 Å². The van der Waals surface area contributed by atoms with E-state index in [4.69, 9.17) is 9.47 Å². The van der Waals surface area contributed by atoms with E-state index in [9.17, 15) is 4.79 Å². The minimum absolute atomic E-state index is 0.0466. The summed E-state index contributed by atoms with van der Waals surface area (Å²) in [7, 11) is 0. The van der Waals surface area contributed by atoms with Gasteiger partial charge < -0.3 is 9.47 Å². The third-order valence-corrected chi connectivity index (χ3v) is 3.53. The highest BCUT2D eigenvalue weighted by Gasteiger charge is 2.54. The molecule has 3 aliphatic rings. The van der Waals surface area contributed by atoms with Crippen LogP contribution in [0.1, 0.15) is 25.7 Å². The fraction of sp³-hybridized carbons (Fsp3) is 0.727. The van der Waals surface area contributed by atoms with Crippen molar-refractivity contribution in [2.75, 3.05) is 0 Å². The summed E-state index contributed by atoms with van der Waals surface area (Å²) >= 11 is 0. The monoisotopic (exact) mass is 194 g/mol. The lowest BCUT2D eigenvalue weighted by Gasteiger charge is -2.17. The Balaban J connectivity index is 1.86. The molecule has 1 saturated carbocycles. The Bertz CT molecular complexity index is 297. The van der Waals surface area contributed by atoms with Crippen LogP contribution in [-0.2, 0) is 14.3 Å². The van der Waals surface area contributed by atoms with Crippen LogP contribution in [0.4, 0.5) is 0 Å². The van der Waals surface area contributed by atoms with Crippen molar-refractivity contribution in [3.05, 3.63) is 12.2 Å². The zero-order valence-electron chi connectivity index (χ0n) is 8.07. The standard InChI is InChI=1S/C11H14O3/c1-6-9-7(14-11(6)12)4-2-3-5-8-10(9)13-8/h7-10H,1-5H2/t7-,8-,9-,10+/m1/s1. The van der Waals surface area contributed by atoms with E-state index < -0.39 is 0 Å². The van der Waals surface area contributed by atoms with Gasteiger partial charge in [0.05, 0.1) is 18.1 Å². The van der Waals surface area contributed by atoms with Crippen LogP contribution in [0.2, 0.25) is 0 Å². The Morgan fingerprint density at radius 2 is 1.93 bits per heavy atom. The van der Waals surface area contributed by atoms with Gasteiger partial charge in [-0.1, -0.05) is 13.0 Å². The molecule has 3 rings (SSSR count). The number of carbonyl (C=O) groups excluding carboxylic acids is 1. The predicted molar refractivity (Wildman–Crippen MR) is 49.6 cm³/mol. The van der Waals surface area contributed by atoms with Gasteiger partial charge >= 0.3 is 5.97 Å². The Morgan fingerprint density at radius 3 is 2.71 bits per heavy atom. The van der Waals surface area contributed by atoms with Gasteiger partial charge in [0.2, 0.25) is 0 Å². The van der Waals surface area contributed by atoms with E-state index >= 15 is 0 Å². The van der Waals surface area contributed by atoms with Gasteiger partial charge in [-0.25, -0.2) is 4.79 Å². The molecule has 14 heavy (non-hydrogen) atoms. The minimum Gasteiger partial charge on any atom is -0.458 e. The highest BCUT2D eigenvalue weighted by atomic mass is 16.6. The molecule has 0 unspecified atom stereocenters. The van der Waals surface area contributed by atoms with Crippen LogP contribution in [0, 0.1) is 5.92 Å². The molecule has 0 N–H and O–H groups in total. The summed E-state index contributed by atoms with van der Waals surface area (Å²) in [5, 5.41) is 0. The third-order valence-electron chi connectivity index (χ3n) is 3.53. The van der Waals surface area contributed by atoms with E-state index in [1.54, 1.807) is 0 Å². The topological polar surface area (TPSA) is 38.8 Å². The van der Waals surface area contributed by atoms with Crippen LogP contribution < -0.4 is 0 Å². The maximum Gasteiger partial charge on any atom is 0.334 e. The Kier molecular flexibility index (Phi) is 1.71. The quantitative estimate of drug-likeness (QED) is 0.332.